The van der Waals surface area contributed by atoms with E-state index in [0.717, 1.165) is 63.9 Å². The monoisotopic (exact) mass is 386 g/mol. The van der Waals surface area contributed by atoms with Crippen LogP contribution in [-0.2, 0) is 10.9 Å². The first-order chi connectivity index (χ1) is 12.9. The normalized spacial score (nSPS) is 23.3. The van der Waals surface area contributed by atoms with Gasteiger partial charge < -0.3 is 19.7 Å². The molecule has 27 heavy (non-hydrogen) atoms. The predicted molar refractivity (Wildman–Crippen MR) is 94.8 cm³/mol. The zero-order chi connectivity index (χ0) is 19.3. The fourth-order valence-electron chi connectivity index (χ4n) is 3.45. The van der Waals surface area contributed by atoms with Crippen LogP contribution in [0.2, 0.25) is 0 Å². The maximum atomic E-state index is 12.5. The van der Waals surface area contributed by atoms with Crippen molar-refractivity contribution in [2.75, 3.05) is 46.0 Å². The molecule has 1 spiro atoms. The molecular weight excluding hydrogens is 361 g/mol. The number of pyridine rings is 1. The van der Waals surface area contributed by atoms with Crippen LogP contribution in [0.5, 0.6) is 5.88 Å². The van der Waals surface area contributed by atoms with Gasteiger partial charge in [0.1, 0.15) is 6.61 Å². The molecule has 150 valence electrons. The molecule has 0 radical (unpaired) electrons. The average Bonchev–Trinajstić information content (AvgIpc) is 3.27. The number of aromatic nitrogens is 1. The molecular formula is C18H25F3N4O2. The number of guanidine groups is 1. The Kier molecular flexibility index (Phi) is 6.08. The summed E-state index contributed by atoms with van der Waals surface area (Å²) in [6, 6.07) is 2.19. The highest BCUT2D eigenvalue weighted by Gasteiger charge is 2.42. The molecule has 1 atom stereocenters. The molecule has 2 saturated heterocycles. The molecule has 0 saturated carbocycles. The van der Waals surface area contributed by atoms with Crippen molar-refractivity contribution < 1.29 is 22.6 Å². The number of rotatable bonds is 5. The van der Waals surface area contributed by atoms with Gasteiger partial charge >= 0.3 is 6.18 Å². The minimum Gasteiger partial charge on any atom is -0.476 e. The molecule has 2 aliphatic heterocycles. The number of nitrogens with one attached hydrogen (secondary N) is 1. The molecule has 1 N–H and O–H groups in total. The van der Waals surface area contributed by atoms with Crippen LogP contribution in [0.25, 0.3) is 0 Å². The molecule has 0 aromatic carbocycles. The van der Waals surface area contributed by atoms with Crippen LogP contribution < -0.4 is 10.1 Å². The van der Waals surface area contributed by atoms with E-state index in [1.165, 1.54) is 6.07 Å². The highest BCUT2D eigenvalue weighted by Crippen LogP contribution is 2.38. The van der Waals surface area contributed by atoms with Crippen molar-refractivity contribution >= 4 is 5.96 Å². The van der Waals surface area contributed by atoms with Gasteiger partial charge in [-0.15, -0.1) is 0 Å². The van der Waals surface area contributed by atoms with E-state index in [1.54, 1.807) is 0 Å². The number of hydrogen-bond donors (Lipinski definition) is 1. The molecule has 3 rings (SSSR count). The number of aliphatic imine (C=N–C) groups is 1. The third kappa shape index (κ3) is 5.03. The number of hydrogen-bond acceptors (Lipinski definition) is 4. The van der Waals surface area contributed by atoms with Gasteiger partial charge in [0.2, 0.25) is 5.88 Å². The van der Waals surface area contributed by atoms with E-state index in [2.05, 4.69) is 20.2 Å². The molecule has 0 amide bonds. The molecule has 1 unspecified atom stereocenters. The average molecular weight is 386 g/mol. The number of ether oxygens (including phenoxy) is 2. The van der Waals surface area contributed by atoms with Crippen LogP contribution in [0.15, 0.2) is 23.3 Å². The smallest absolute Gasteiger partial charge is 0.417 e. The Morgan fingerprint density at radius 2 is 2.26 bits per heavy atom. The van der Waals surface area contributed by atoms with Gasteiger partial charge in [0, 0.05) is 43.9 Å². The van der Waals surface area contributed by atoms with Crippen molar-refractivity contribution in [1.82, 2.24) is 15.2 Å². The minimum absolute atomic E-state index is 0.159. The van der Waals surface area contributed by atoms with Gasteiger partial charge in [0.25, 0.3) is 0 Å². The van der Waals surface area contributed by atoms with Crippen molar-refractivity contribution in [1.29, 1.82) is 0 Å². The second-order valence-corrected chi connectivity index (χ2v) is 6.94. The standard InChI is InChI=1S/C18H25F3N4O2/c1-2-22-16(25-8-5-17(12-25)6-9-26-13-17)23-7-10-27-15-4-3-14(11-24-15)18(19,20)21/h3-4,11H,2,5-10,12-13H2,1H3,(H,22,23). The van der Waals surface area contributed by atoms with E-state index < -0.39 is 11.7 Å². The number of alkyl halides is 3. The van der Waals surface area contributed by atoms with E-state index >= 15 is 0 Å². The van der Waals surface area contributed by atoms with Crippen molar-refractivity contribution in [2.24, 2.45) is 10.4 Å². The SMILES string of the molecule is CCNC(=NCCOc1ccc(C(F)(F)F)cn1)N1CCC2(CCOC2)C1. The Morgan fingerprint density at radius 3 is 2.89 bits per heavy atom. The van der Waals surface area contributed by atoms with Crippen molar-refractivity contribution in [3.63, 3.8) is 0 Å². The van der Waals surface area contributed by atoms with E-state index in [9.17, 15) is 13.2 Å². The lowest BCUT2D eigenvalue weighted by atomic mass is 9.87. The summed E-state index contributed by atoms with van der Waals surface area (Å²) in [6.07, 6.45) is -1.43. The highest BCUT2D eigenvalue weighted by molar-refractivity contribution is 5.80. The van der Waals surface area contributed by atoms with Gasteiger partial charge in [-0.2, -0.15) is 13.2 Å². The second-order valence-electron chi connectivity index (χ2n) is 6.94. The summed E-state index contributed by atoms with van der Waals surface area (Å²) in [5.74, 6) is 0.997. The lowest BCUT2D eigenvalue weighted by molar-refractivity contribution is -0.137. The first-order valence-electron chi connectivity index (χ1n) is 9.19. The van der Waals surface area contributed by atoms with Gasteiger partial charge in [-0.1, -0.05) is 0 Å². The molecule has 2 aliphatic rings. The molecule has 2 fully saturated rings. The first kappa shape index (κ1) is 19.7. The van der Waals surface area contributed by atoms with Crippen LogP contribution >= 0.6 is 0 Å². The topological polar surface area (TPSA) is 59.0 Å². The lowest BCUT2D eigenvalue weighted by Crippen LogP contribution is -2.41. The maximum absolute atomic E-state index is 12.5. The molecule has 6 nitrogen and oxygen atoms in total. The van der Waals surface area contributed by atoms with Gasteiger partial charge in [-0.05, 0) is 25.8 Å². The second kappa shape index (κ2) is 8.33. The van der Waals surface area contributed by atoms with Gasteiger partial charge in [0.05, 0.1) is 18.7 Å². The Labute approximate surface area is 156 Å². The third-order valence-corrected chi connectivity index (χ3v) is 4.92. The molecule has 0 aliphatic carbocycles. The van der Waals surface area contributed by atoms with Crippen molar-refractivity contribution in [2.45, 2.75) is 25.9 Å². The zero-order valence-corrected chi connectivity index (χ0v) is 15.4. The van der Waals surface area contributed by atoms with Crippen LogP contribution in [0.3, 0.4) is 0 Å². The van der Waals surface area contributed by atoms with Gasteiger partial charge in [-0.3, -0.25) is 0 Å². The fraction of sp³-hybridized carbons (Fsp3) is 0.667. The third-order valence-electron chi connectivity index (χ3n) is 4.92. The van der Waals surface area contributed by atoms with E-state index in [0.29, 0.717) is 6.54 Å². The van der Waals surface area contributed by atoms with Crippen molar-refractivity contribution in [3.05, 3.63) is 23.9 Å². The minimum atomic E-state index is -4.39. The van der Waals surface area contributed by atoms with E-state index in [4.69, 9.17) is 9.47 Å². The number of nitrogens with zero attached hydrogens (tertiary/aromatic N) is 3. The van der Waals surface area contributed by atoms with E-state index in [1.807, 2.05) is 6.92 Å². The predicted octanol–water partition coefficient (Wildman–Crippen LogP) is 2.56. The largest absolute Gasteiger partial charge is 0.476 e. The summed E-state index contributed by atoms with van der Waals surface area (Å²) in [4.78, 5) is 10.5. The molecule has 9 heteroatoms. The van der Waals surface area contributed by atoms with E-state index in [-0.39, 0.29) is 17.9 Å². The maximum Gasteiger partial charge on any atom is 0.417 e. The first-order valence-corrected chi connectivity index (χ1v) is 9.19. The highest BCUT2D eigenvalue weighted by atomic mass is 19.4. The zero-order valence-electron chi connectivity index (χ0n) is 15.4. The number of likely N-dealkylation sites (tertiary alicyclic amines) is 1. The fourth-order valence-corrected chi connectivity index (χ4v) is 3.45. The summed E-state index contributed by atoms with van der Waals surface area (Å²) in [7, 11) is 0. The Hall–Kier alpha value is -2.03. The number of halogens is 3. The van der Waals surface area contributed by atoms with Crippen LogP contribution in [0.4, 0.5) is 13.2 Å². The van der Waals surface area contributed by atoms with Crippen LogP contribution in [0.1, 0.15) is 25.3 Å². The van der Waals surface area contributed by atoms with Crippen LogP contribution in [-0.4, -0.2) is 61.8 Å². The van der Waals surface area contributed by atoms with Crippen LogP contribution in [0, 0.1) is 5.41 Å². The molecule has 0 bridgehead atoms. The molecule has 3 heterocycles. The Balaban J connectivity index is 1.50. The molecule has 1 aromatic heterocycles. The Morgan fingerprint density at radius 1 is 1.41 bits per heavy atom. The Bertz CT molecular complexity index is 643. The summed E-state index contributed by atoms with van der Waals surface area (Å²) >= 11 is 0. The van der Waals surface area contributed by atoms with Gasteiger partial charge in [0.15, 0.2) is 5.96 Å². The summed E-state index contributed by atoms with van der Waals surface area (Å²) in [5, 5.41) is 3.29. The lowest BCUT2D eigenvalue weighted by Gasteiger charge is -2.24. The van der Waals surface area contributed by atoms with Gasteiger partial charge in [-0.25, -0.2) is 9.98 Å². The van der Waals surface area contributed by atoms with Crippen molar-refractivity contribution in [3.8, 4) is 5.88 Å². The summed E-state index contributed by atoms with van der Waals surface area (Å²) < 4.78 is 48.6. The molecule has 1 aromatic rings. The summed E-state index contributed by atoms with van der Waals surface area (Å²) in [6.45, 7) is 6.93. The quantitative estimate of drug-likeness (QED) is 0.479. The summed E-state index contributed by atoms with van der Waals surface area (Å²) in [5.41, 5.74) is -0.544.